The van der Waals surface area contributed by atoms with Crippen molar-refractivity contribution in [3.63, 3.8) is 0 Å². The second-order valence-electron chi connectivity index (χ2n) is 4.47. The summed E-state index contributed by atoms with van der Waals surface area (Å²) < 4.78 is 1.79. The van der Waals surface area contributed by atoms with Crippen LogP contribution in [0.3, 0.4) is 0 Å². The number of halogens is 2. The Bertz CT molecular complexity index is 551. The molecule has 5 heteroatoms. The summed E-state index contributed by atoms with van der Waals surface area (Å²) in [4.78, 5) is 0. The number of nitrogens with zero attached hydrogens (tertiary/aromatic N) is 2. The highest BCUT2D eigenvalue weighted by atomic mass is 35.5. The number of benzene rings is 1. The Morgan fingerprint density at radius 3 is 2.74 bits per heavy atom. The van der Waals surface area contributed by atoms with Gasteiger partial charge in [0.25, 0.3) is 0 Å². The van der Waals surface area contributed by atoms with Crippen molar-refractivity contribution in [3.05, 3.63) is 51.8 Å². The van der Waals surface area contributed by atoms with E-state index in [0.717, 1.165) is 24.2 Å². The van der Waals surface area contributed by atoms with E-state index >= 15 is 0 Å². The predicted molar refractivity (Wildman–Crippen MR) is 79.8 cm³/mol. The highest BCUT2D eigenvalue weighted by molar-refractivity contribution is 6.33. The number of aryl methyl sites for hydroxylation is 1. The minimum absolute atomic E-state index is 0.0349. The van der Waals surface area contributed by atoms with Gasteiger partial charge in [0.2, 0.25) is 0 Å². The summed E-state index contributed by atoms with van der Waals surface area (Å²) in [6, 6.07) is 7.47. The zero-order chi connectivity index (χ0) is 13.8. The van der Waals surface area contributed by atoms with Gasteiger partial charge in [-0.3, -0.25) is 4.68 Å². The lowest BCUT2D eigenvalue weighted by Gasteiger charge is -2.18. The quantitative estimate of drug-likeness (QED) is 0.909. The van der Waals surface area contributed by atoms with Crippen molar-refractivity contribution in [2.24, 2.45) is 7.05 Å². The van der Waals surface area contributed by atoms with Gasteiger partial charge in [0.1, 0.15) is 0 Å². The first-order valence-electron chi connectivity index (χ1n) is 6.29. The van der Waals surface area contributed by atoms with E-state index in [1.807, 2.05) is 31.4 Å². The Hall–Kier alpha value is -1.03. The van der Waals surface area contributed by atoms with E-state index in [-0.39, 0.29) is 6.04 Å². The molecule has 0 spiro atoms. The third-order valence-corrected chi connectivity index (χ3v) is 3.48. The third kappa shape index (κ3) is 3.50. The van der Waals surface area contributed by atoms with E-state index in [0.29, 0.717) is 10.0 Å². The maximum atomic E-state index is 6.29. The van der Waals surface area contributed by atoms with Crippen LogP contribution in [0.5, 0.6) is 0 Å². The van der Waals surface area contributed by atoms with Crippen LogP contribution < -0.4 is 5.32 Å². The Labute approximate surface area is 123 Å². The molecule has 1 atom stereocenters. The van der Waals surface area contributed by atoms with E-state index in [4.69, 9.17) is 23.2 Å². The molecule has 0 amide bonds. The fourth-order valence-corrected chi connectivity index (χ4v) is 2.39. The average molecular weight is 298 g/mol. The van der Waals surface area contributed by atoms with Gasteiger partial charge < -0.3 is 5.32 Å². The zero-order valence-corrected chi connectivity index (χ0v) is 12.5. The first kappa shape index (κ1) is 14.4. The average Bonchev–Trinajstić information content (AvgIpc) is 2.80. The van der Waals surface area contributed by atoms with Crippen LogP contribution in [0.2, 0.25) is 10.0 Å². The third-order valence-electron chi connectivity index (χ3n) is 2.90. The van der Waals surface area contributed by atoms with Gasteiger partial charge in [0.05, 0.1) is 11.7 Å². The molecule has 2 rings (SSSR count). The van der Waals surface area contributed by atoms with Crippen molar-refractivity contribution < 1.29 is 0 Å². The van der Waals surface area contributed by atoms with Gasteiger partial charge in [-0.1, -0.05) is 30.1 Å². The van der Waals surface area contributed by atoms with Gasteiger partial charge in [-0.05, 0) is 42.8 Å². The number of hydrogen-bond acceptors (Lipinski definition) is 2. The predicted octanol–water partition coefficient (Wildman–Crippen LogP) is 3.82. The molecular formula is C14H17Cl2N3. The van der Waals surface area contributed by atoms with Crippen molar-refractivity contribution in [2.45, 2.75) is 19.4 Å². The van der Waals surface area contributed by atoms with Gasteiger partial charge in [0, 0.05) is 23.3 Å². The van der Waals surface area contributed by atoms with Gasteiger partial charge >= 0.3 is 0 Å². The minimum atomic E-state index is -0.0349. The summed E-state index contributed by atoms with van der Waals surface area (Å²) in [7, 11) is 1.90. The van der Waals surface area contributed by atoms with E-state index in [1.165, 1.54) is 0 Å². The van der Waals surface area contributed by atoms with E-state index in [1.54, 1.807) is 10.7 Å². The lowest BCUT2D eigenvalue weighted by atomic mass is 10.0. The van der Waals surface area contributed by atoms with Crippen LogP contribution >= 0.6 is 23.2 Å². The summed E-state index contributed by atoms with van der Waals surface area (Å²) in [5, 5.41) is 9.31. The van der Waals surface area contributed by atoms with Crippen LogP contribution in [0.25, 0.3) is 0 Å². The van der Waals surface area contributed by atoms with Gasteiger partial charge in [0.15, 0.2) is 0 Å². The second kappa shape index (κ2) is 6.42. The molecular weight excluding hydrogens is 281 g/mol. The van der Waals surface area contributed by atoms with Crippen LogP contribution in [-0.4, -0.2) is 16.3 Å². The lowest BCUT2D eigenvalue weighted by molar-refractivity contribution is 0.575. The molecule has 3 nitrogen and oxygen atoms in total. The van der Waals surface area contributed by atoms with Crippen molar-refractivity contribution >= 4 is 23.2 Å². The topological polar surface area (TPSA) is 29.9 Å². The van der Waals surface area contributed by atoms with E-state index < -0.39 is 0 Å². The van der Waals surface area contributed by atoms with Crippen molar-refractivity contribution in [2.75, 3.05) is 6.54 Å². The van der Waals surface area contributed by atoms with Gasteiger partial charge in [-0.2, -0.15) is 5.10 Å². The minimum Gasteiger partial charge on any atom is -0.305 e. The molecule has 19 heavy (non-hydrogen) atoms. The molecule has 0 aliphatic heterocycles. The van der Waals surface area contributed by atoms with Crippen molar-refractivity contribution in [1.82, 2.24) is 15.1 Å². The van der Waals surface area contributed by atoms with Gasteiger partial charge in [-0.25, -0.2) is 0 Å². The molecule has 102 valence electrons. The molecule has 1 aromatic carbocycles. The first-order valence-corrected chi connectivity index (χ1v) is 7.05. The molecule has 0 bridgehead atoms. The van der Waals surface area contributed by atoms with Crippen LogP contribution in [0.15, 0.2) is 30.5 Å². The molecule has 0 radical (unpaired) electrons. The Morgan fingerprint density at radius 2 is 2.11 bits per heavy atom. The standard InChI is InChI=1S/C14H17Cl2N3/c1-3-7-17-14(13-6-8-19(2)18-13)11-9-10(15)4-5-12(11)16/h4-6,8-9,14,17H,3,7H2,1-2H3. The highest BCUT2D eigenvalue weighted by Gasteiger charge is 2.19. The summed E-state index contributed by atoms with van der Waals surface area (Å²) >= 11 is 12.4. The molecule has 2 aromatic rings. The fraction of sp³-hybridized carbons (Fsp3) is 0.357. The van der Waals surface area contributed by atoms with E-state index in [9.17, 15) is 0 Å². The fourth-order valence-electron chi connectivity index (χ4n) is 1.99. The maximum absolute atomic E-state index is 6.29. The number of hydrogen-bond donors (Lipinski definition) is 1. The summed E-state index contributed by atoms with van der Waals surface area (Å²) in [6.07, 6.45) is 2.97. The zero-order valence-electron chi connectivity index (χ0n) is 11.0. The number of nitrogens with one attached hydrogen (secondary N) is 1. The molecule has 0 fully saturated rings. The molecule has 0 aliphatic carbocycles. The summed E-state index contributed by atoms with van der Waals surface area (Å²) in [6.45, 7) is 3.02. The largest absolute Gasteiger partial charge is 0.305 e. The lowest BCUT2D eigenvalue weighted by Crippen LogP contribution is -2.24. The number of aromatic nitrogens is 2. The second-order valence-corrected chi connectivity index (χ2v) is 5.31. The summed E-state index contributed by atoms with van der Waals surface area (Å²) in [5.74, 6) is 0. The molecule has 1 N–H and O–H groups in total. The van der Waals surface area contributed by atoms with Crippen LogP contribution in [0.4, 0.5) is 0 Å². The molecule has 0 aliphatic rings. The Balaban J connectivity index is 2.39. The monoisotopic (exact) mass is 297 g/mol. The van der Waals surface area contributed by atoms with Crippen LogP contribution in [0, 0.1) is 0 Å². The maximum Gasteiger partial charge on any atom is 0.0839 e. The molecule has 0 saturated heterocycles. The Morgan fingerprint density at radius 1 is 1.32 bits per heavy atom. The number of rotatable bonds is 5. The summed E-state index contributed by atoms with van der Waals surface area (Å²) in [5.41, 5.74) is 1.90. The van der Waals surface area contributed by atoms with Crippen molar-refractivity contribution in [3.8, 4) is 0 Å². The SMILES string of the molecule is CCCNC(c1ccn(C)n1)c1cc(Cl)ccc1Cl. The van der Waals surface area contributed by atoms with Crippen molar-refractivity contribution in [1.29, 1.82) is 0 Å². The van der Waals surface area contributed by atoms with Gasteiger partial charge in [-0.15, -0.1) is 0 Å². The highest BCUT2D eigenvalue weighted by Crippen LogP contribution is 2.29. The first-order chi connectivity index (χ1) is 9.11. The molecule has 1 unspecified atom stereocenters. The Kier molecular flexibility index (Phi) is 4.86. The normalized spacial score (nSPS) is 12.6. The molecule has 1 heterocycles. The van der Waals surface area contributed by atoms with E-state index in [2.05, 4.69) is 17.3 Å². The van der Waals surface area contributed by atoms with Crippen LogP contribution in [0.1, 0.15) is 30.6 Å². The smallest absolute Gasteiger partial charge is 0.0839 e. The van der Waals surface area contributed by atoms with Crippen LogP contribution in [-0.2, 0) is 7.05 Å². The molecule has 1 aromatic heterocycles. The molecule has 0 saturated carbocycles.